The molecule has 3 N–H and O–H groups in total. The molecule has 0 radical (unpaired) electrons. The van der Waals surface area contributed by atoms with Crippen LogP contribution < -0.4 is 11.1 Å². The van der Waals surface area contributed by atoms with E-state index in [2.05, 4.69) is 10.4 Å². The van der Waals surface area contributed by atoms with Gasteiger partial charge in [0, 0.05) is 6.54 Å². The summed E-state index contributed by atoms with van der Waals surface area (Å²) >= 11 is 0. The Morgan fingerprint density at radius 3 is 2.88 bits per heavy atom. The summed E-state index contributed by atoms with van der Waals surface area (Å²) < 4.78 is 6.53. The van der Waals surface area contributed by atoms with Gasteiger partial charge in [-0.2, -0.15) is 10.4 Å². The van der Waals surface area contributed by atoms with Crippen molar-refractivity contribution in [1.29, 1.82) is 5.26 Å². The summed E-state index contributed by atoms with van der Waals surface area (Å²) in [7, 11) is 0. The molecule has 1 aromatic carbocycles. The van der Waals surface area contributed by atoms with Gasteiger partial charge in [-0.05, 0) is 31.5 Å². The number of amides is 1. The molecule has 1 heterocycles. The van der Waals surface area contributed by atoms with Crippen molar-refractivity contribution in [3.8, 4) is 11.8 Å². The van der Waals surface area contributed by atoms with Crippen molar-refractivity contribution in [1.82, 2.24) is 15.1 Å². The summed E-state index contributed by atoms with van der Waals surface area (Å²) in [6.45, 7) is 3.97. The molecule has 0 bridgehead atoms. The number of carbonyl (C=O) groups is 2. The lowest BCUT2D eigenvalue weighted by molar-refractivity contribution is -0.129. The minimum absolute atomic E-state index is 0.181. The monoisotopic (exact) mass is 341 g/mol. The summed E-state index contributed by atoms with van der Waals surface area (Å²) in [5, 5.41) is 15.6. The van der Waals surface area contributed by atoms with Crippen molar-refractivity contribution in [2.45, 2.75) is 26.4 Å². The highest BCUT2D eigenvalue weighted by atomic mass is 16.5. The predicted molar refractivity (Wildman–Crippen MR) is 90.9 cm³/mol. The molecule has 0 aliphatic rings. The Bertz CT molecular complexity index is 822. The maximum Gasteiger partial charge on any atom is 0.338 e. The fourth-order valence-electron chi connectivity index (χ4n) is 2.09. The molecule has 2 rings (SSSR count). The number of nitriles is 1. The Morgan fingerprint density at radius 1 is 1.48 bits per heavy atom. The number of nitrogens with zero attached hydrogens (tertiary/aromatic N) is 3. The summed E-state index contributed by atoms with van der Waals surface area (Å²) in [6.07, 6.45) is 1.24. The van der Waals surface area contributed by atoms with Gasteiger partial charge in [-0.15, -0.1) is 0 Å². The minimum Gasteiger partial charge on any atom is -0.449 e. The highest BCUT2D eigenvalue weighted by molar-refractivity contribution is 5.92. The van der Waals surface area contributed by atoms with E-state index < -0.39 is 12.1 Å². The fraction of sp³-hybridized carbons (Fsp3) is 0.294. The first-order chi connectivity index (χ1) is 12.0. The molecule has 0 aliphatic carbocycles. The zero-order chi connectivity index (χ0) is 18.4. The third kappa shape index (κ3) is 4.14. The molecule has 130 valence electrons. The number of nitrogens with two attached hydrogens (primary N) is 1. The molecule has 1 atom stereocenters. The second-order valence-electron chi connectivity index (χ2n) is 5.36. The molecular weight excluding hydrogens is 322 g/mol. The first-order valence-electron chi connectivity index (χ1n) is 7.80. The average Bonchev–Trinajstić information content (AvgIpc) is 3.00. The van der Waals surface area contributed by atoms with Crippen LogP contribution >= 0.6 is 0 Å². The molecule has 0 saturated heterocycles. The Labute approximate surface area is 145 Å². The molecule has 2 aromatic rings. The Morgan fingerprint density at radius 2 is 2.24 bits per heavy atom. The molecule has 0 saturated carbocycles. The van der Waals surface area contributed by atoms with E-state index in [1.807, 2.05) is 13.0 Å². The van der Waals surface area contributed by atoms with Crippen molar-refractivity contribution >= 4 is 17.7 Å². The number of anilines is 1. The number of rotatable bonds is 6. The number of ether oxygens (including phenoxy) is 1. The van der Waals surface area contributed by atoms with Crippen molar-refractivity contribution < 1.29 is 14.3 Å². The van der Waals surface area contributed by atoms with E-state index in [1.165, 1.54) is 23.9 Å². The summed E-state index contributed by atoms with van der Waals surface area (Å²) in [4.78, 5) is 24.0. The van der Waals surface area contributed by atoms with Crippen LogP contribution in [0.2, 0.25) is 0 Å². The molecule has 25 heavy (non-hydrogen) atoms. The molecule has 0 fully saturated rings. The zero-order valence-corrected chi connectivity index (χ0v) is 14.0. The average molecular weight is 341 g/mol. The lowest BCUT2D eigenvalue weighted by atomic mass is 10.2. The number of benzene rings is 1. The number of nitrogens with one attached hydrogen (secondary N) is 1. The summed E-state index contributed by atoms with van der Waals surface area (Å²) in [5.41, 5.74) is 6.85. The molecule has 0 spiro atoms. The van der Waals surface area contributed by atoms with Crippen molar-refractivity contribution in [3.63, 3.8) is 0 Å². The van der Waals surface area contributed by atoms with Crippen molar-refractivity contribution in [3.05, 3.63) is 41.6 Å². The van der Waals surface area contributed by atoms with E-state index in [-0.39, 0.29) is 22.9 Å². The van der Waals surface area contributed by atoms with Crippen molar-refractivity contribution in [2.24, 2.45) is 0 Å². The van der Waals surface area contributed by atoms with Crippen LogP contribution in [0.3, 0.4) is 0 Å². The van der Waals surface area contributed by atoms with E-state index >= 15 is 0 Å². The van der Waals surface area contributed by atoms with Gasteiger partial charge in [0.1, 0.15) is 17.5 Å². The quantitative estimate of drug-likeness (QED) is 0.766. The topological polar surface area (TPSA) is 123 Å². The first-order valence-corrected chi connectivity index (χ1v) is 7.80. The zero-order valence-electron chi connectivity index (χ0n) is 14.0. The smallest absolute Gasteiger partial charge is 0.338 e. The first kappa shape index (κ1) is 18.0. The molecule has 8 nitrogen and oxygen atoms in total. The highest BCUT2D eigenvalue weighted by Gasteiger charge is 2.19. The number of hydrogen-bond donors (Lipinski definition) is 2. The van der Waals surface area contributed by atoms with E-state index in [1.54, 1.807) is 18.2 Å². The largest absolute Gasteiger partial charge is 0.449 e. The third-order valence-electron chi connectivity index (χ3n) is 3.46. The molecular formula is C17H19N5O3. The Kier molecular flexibility index (Phi) is 5.74. The van der Waals surface area contributed by atoms with Gasteiger partial charge in [-0.25, -0.2) is 9.48 Å². The SMILES string of the molecule is CCCNC(=O)[C@H](C)OC(=O)c1cccc(-n2ncc(C#N)c2N)c1. The van der Waals surface area contributed by atoms with E-state index in [0.717, 1.165) is 6.42 Å². The summed E-state index contributed by atoms with van der Waals surface area (Å²) in [5.74, 6) is -0.797. The third-order valence-corrected chi connectivity index (χ3v) is 3.46. The van der Waals surface area contributed by atoms with Crippen LogP contribution in [0.4, 0.5) is 5.82 Å². The maximum absolute atomic E-state index is 12.2. The van der Waals surface area contributed by atoms with Crippen LogP contribution in [-0.2, 0) is 9.53 Å². The van der Waals surface area contributed by atoms with Gasteiger partial charge in [0.2, 0.25) is 0 Å². The van der Waals surface area contributed by atoms with Gasteiger partial charge in [-0.1, -0.05) is 13.0 Å². The van der Waals surface area contributed by atoms with Gasteiger partial charge in [0.05, 0.1) is 17.4 Å². The van der Waals surface area contributed by atoms with Crippen LogP contribution in [0.25, 0.3) is 5.69 Å². The summed E-state index contributed by atoms with van der Waals surface area (Å²) in [6, 6.07) is 8.36. The predicted octanol–water partition coefficient (Wildman–Crippen LogP) is 1.40. The van der Waals surface area contributed by atoms with Crippen LogP contribution in [0.5, 0.6) is 0 Å². The van der Waals surface area contributed by atoms with Crippen LogP contribution in [0, 0.1) is 11.3 Å². The van der Waals surface area contributed by atoms with Gasteiger partial charge in [0.15, 0.2) is 6.10 Å². The molecule has 1 aromatic heterocycles. The lowest BCUT2D eigenvalue weighted by Gasteiger charge is -2.13. The molecule has 8 heteroatoms. The Balaban J connectivity index is 2.15. The van der Waals surface area contributed by atoms with Crippen molar-refractivity contribution in [2.75, 3.05) is 12.3 Å². The molecule has 0 aliphatic heterocycles. The van der Waals surface area contributed by atoms with Crippen LogP contribution in [0.1, 0.15) is 36.2 Å². The highest BCUT2D eigenvalue weighted by Crippen LogP contribution is 2.18. The number of nitrogen functional groups attached to an aromatic ring is 1. The van der Waals surface area contributed by atoms with E-state index in [0.29, 0.717) is 12.2 Å². The van der Waals surface area contributed by atoms with Gasteiger partial charge in [0.25, 0.3) is 5.91 Å². The second kappa shape index (κ2) is 7.97. The van der Waals surface area contributed by atoms with E-state index in [4.69, 9.17) is 15.7 Å². The normalized spacial score (nSPS) is 11.4. The van der Waals surface area contributed by atoms with Crippen LogP contribution in [0.15, 0.2) is 30.5 Å². The van der Waals surface area contributed by atoms with E-state index in [9.17, 15) is 9.59 Å². The van der Waals surface area contributed by atoms with Crippen LogP contribution in [-0.4, -0.2) is 34.3 Å². The maximum atomic E-state index is 12.2. The number of carbonyl (C=O) groups excluding carboxylic acids is 2. The van der Waals surface area contributed by atoms with Gasteiger partial charge >= 0.3 is 5.97 Å². The lowest BCUT2D eigenvalue weighted by Crippen LogP contribution is -2.36. The standard InChI is InChI=1S/C17H19N5O3/c1-3-7-20-16(23)11(2)25-17(24)12-5-4-6-14(8-12)22-15(19)13(9-18)10-21-22/h4-6,8,10-11H,3,7,19H2,1-2H3,(H,20,23)/t11-/m0/s1. The second-order valence-corrected chi connectivity index (χ2v) is 5.36. The fourth-order valence-corrected chi connectivity index (χ4v) is 2.09. The number of esters is 1. The number of hydrogen-bond acceptors (Lipinski definition) is 6. The molecule has 1 amide bonds. The van der Waals surface area contributed by atoms with Gasteiger partial charge < -0.3 is 15.8 Å². The Hall–Kier alpha value is -3.34. The van der Waals surface area contributed by atoms with Gasteiger partial charge in [-0.3, -0.25) is 4.79 Å². The minimum atomic E-state index is -0.900. The number of aromatic nitrogens is 2. The molecule has 0 unspecified atom stereocenters.